The molecule has 0 saturated carbocycles. The van der Waals surface area contributed by atoms with Crippen molar-refractivity contribution in [2.75, 3.05) is 36.8 Å². The highest BCUT2D eigenvalue weighted by Gasteiger charge is 2.21. The fourth-order valence-corrected chi connectivity index (χ4v) is 2.95. The van der Waals surface area contributed by atoms with Gasteiger partial charge in [-0.3, -0.25) is 5.84 Å². The summed E-state index contributed by atoms with van der Waals surface area (Å²) in [5.41, 5.74) is 6.81. The van der Waals surface area contributed by atoms with Crippen molar-refractivity contribution in [3.8, 4) is 0 Å². The van der Waals surface area contributed by atoms with Gasteiger partial charge in [-0.05, 0) is 31.9 Å². The molecular formula is C10H13Br2N7. The number of nitrogen functional groups attached to an aromatic ring is 1. The van der Waals surface area contributed by atoms with Crippen LogP contribution in [0.2, 0.25) is 0 Å². The first-order chi connectivity index (χ1) is 9.08. The number of nitrogens with two attached hydrogens (primary N) is 2. The number of piperazine rings is 1. The summed E-state index contributed by atoms with van der Waals surface area (Å²) in [6.45, 7) is 3.26. The Kier molecular flexibility index (Phi) is 3.37. The van der Waals surface area contributed by atoms with Gasteiger partial charge in [0.1, 0.15) is 16.1 Å². The standard InChI is InChI=1S/C10H13Br2N7/c11-6-5-15-19-8(13)7(12)10(16-9(6)19)17-1-3-18(14)4-2-17/h5H,1-4,13-14H2. The van der Waals surface area contributed by atoms with Gasteiger partial charge in [0, 0.05) is 26.2 Å². The number of hydrogen-bond donors (Lipinski definition) is 2. The van der Waals surface area contributed by atoms with Crippen LogP contribution in [0.4, 0.5) is 11.6 Å². The van der Waals surface area contributed by atoms with Gasteiger partial charge < -0.3 is 10.6 Å². The minimum Gasteiger partial charge on any atom is -0.383 e. The van der Waals surface area contributed by atoms with Crippen molar-refractivity contribution < 1.29 is 0 Å². The first-order valence-electron chi connectivity index (χ1n) is 5.80. The Morgan fingerprint density at radius 3 is 2.53 bits per heavy atom. The molecule has 1 aliphatic rings. The van der Waals surface area contributed by atoms with Gasteiger partial charge in [-0.2, -0.15) is 9.61 Å². The highest BCUT2D eigenvalue weighted by molar-refractivity contribution is 9.11. The van der Waals surface area contributed by atoms with Crippen LogP contribution in [0.15, 0.2) is 15.1 Å². The number of fused-ring (bicyclic) bond motifs is 1. The second kappa shape index (κ2) is 4.89. The monoisotopic (exact) mass is 389 g/mol. The molecule has 0 amide bonds. The molecule has 0 aliphatic carbocycles. The summed E-state index contributed by atoms with van der Waals surface area (Å²) < 4.78 is 3.20. The Morgan fingerprint density at radius 1 is 1.16 bits per heavy atom. The zero-order chi connectivity index (χ0) is 13.6. The minimum absolute atomic E-state index is 0.542. The number of halogens is 2. The molecule has 9 heteroatoms. The van der Waals surface area contributed by atoms with Crippen molar-refractivity contribution >= 4 is 49.1 Å². The maximum absolute atomic E-state index is 6.10. The van der Waals surface area contributed by atoms with Gasteiger partial charge in [0.15, 0.2) is 5.65 Å². The molecule has 3 rings (SSSR count). The SMILES string of the molecule is Nc1c(Br)c(N2CCN(N)CC2)nc2c(Br)cnn12. The molecule has 102 valence electrons. The Labute approximate surface area is 126 Å². The Balaban J connectivity index is 2.08. The number of anilines is 2. The van der Waals surface area contributed by atoms with E-state index in [9.17, 15) is 0 Å². The molecule has 0 radical (unpaired) electrons. The molecule has 0 bridgehead atoms. The van der Waals surface area contributed by atoms with Gasteiger partial charge in [-0.1, -0.05) is 0 Å². The van der Waals surface area contributed by atoms with Crippen molar-refractivity contribution in [3.05, 3.63) is 15.1 Å². The summed E-state index contributed by atoms with van der Waals surface area (Å²) >= 11 is 6.94. The summed E-state index contributed by atoms with van der Waals surface area (Å²) in [5.74, 6) is 7.14. The lowest BCUT2D eigenvalue weighted by Gasteiger charge is -2.33. The van der Waals surface area contributed by atoms with Crippen LogP contribution < -0.4 is 16.5 Å². The number of nitrogens with zero attached hydrogens (tertiary/aromatic N) is 5. The highest BCUT2D eigenvalue weighted by Crippen LogP contribution is 2.32. The van der Waals surface area contributed by atoms with E-state index in [1.165, 1.54) is 0 Å². The van der Waals surface area contributed by atoms with E-state index >= 15 is 0 Å². The third kappa shape index (κ3) is 2.20. The normalized spacial score (nSPS) is 17.3. The molecule has 3 heterocycles. The second-order valence-corrected chi connectivity index (χ2v) is 6.03. The number of hydrazine groups is 1. The predicted octanol–water partition coefficient (Wildman–Crippen LogP) is 0.832. The molecule has 0 aromatic carbocycles. The van der Waals surface area contributed by atoms with E-state index in [2.05, 4.69) is 46.8 Å². The second-order valence-electron chi connectivity index (χ2n) is 4.39. The first kappa shape index (κ1) is 13.1. The van der Waals surface area contributed by atoms with Crippen LogP contribution in [-0.4, -0.2) is 45.8 Å². The Bertz CT molecular complexity index is 618. The average molecular weight is 391 g/mol. The van der Waals surface area contributed by atoms with Gasteiger partial charge in [0.25, 0.3) is 0 Å². The van der Waals surface area contributed by atoms with Crippen LogP contribution in [-0.2, 0) is 0 Å². The lowest BCUT2D eigenvalue weighted by molar-refractivity contribution is 0.265. The van der Waals surface area contributed by atoms with Gasteiger partial charge in [0.2, 0.25) is 0 Å². The fraction of sp³-hybridized carbons (Fsp3) is 0.400. The first-order valence-corrected chi connectivity index (χ1v) is 7.39. The van der Waals surface area contributed by atoms with Gasteiger partial charge in [-0.15, -0.1) is 0 Å². The summed E-state index contributed by atoms with van der Waals surface area (Å²) in [6.07, 6.45) is 1.69. The summed E-state index contributed by atoms with van der Waals surface area (Å²) in [4.78, 5) is 6.81. The van der Waals surface area contributed by atoms with Crippen LogP contribution in [0.1, 0.15) is 0 Å². The van der Waals surface area contributed by atoms with E-state index in [0.717, 1.165) is 40.9 Å². The Hall–Kier alpha value is -0.900. The summed E-state index contributed by atoms with van der Waals surface area (Å²) in [6, 6.07) is 0. The van der Waals surface area contributed by atoms with E-state index < -0.39 is 0 Å². The minimum atomic E-state index is 0.542. The maximum Gasteiger partial charge on any atom is 0.173 e. The molecule has 0 unspecified atom stereocenters. The topological polar surface area (TPSA) is 88.7 Å². The zero-order valence-corrected chi connectivity index (χ0v) is 13.2. The van der Waals surface area contributed by atoms with Crippen molar-refractivity contribution in [1.82, 2.24) is 19.6 Å². The van der Waals surface area contributed by atoms with Crippen molar-refractivity contribution in [3.63, 3.8) is 0 Å². The van der Waals surface area contributed by atoms with Gasteiger partial charge in [-0.25, -0.2) is 9.99 Å². The van der Waals surface area contributed by atoms with E-state index in [4.69, 9.17) is 11.6 Å². The molecule has 0 spiro atoms. The number of hydrogen-bond acceptors (Lipinski definition) is 6. The molecule has 4 N–H and O–H groups in total. The zero-order valence-electron chi connectivity index (χ0n) is 10.1. The predicted molar refractivity (Wildman–Crippen MR) is 80.8 cm³/mol. The molecule has 7 nitrogen and oxygen atoms in total. The molecule has 2 aromatic heterocycles. The average Bonchev–Trinajstić information content (AvgIpc) is 2.77. The van der Waals surface area contributed by atoms with Crippen molar-refractivity contribution in [2.24, 2.45) is 5.84 Å². The summed E-state index contributed by atoms with van der Waals surface area (Å²) in [7, 11) is 0. The largest absolute Gasteiger partial charge is 0.383 e. The molecule has 1 fully saturated rings. The van der Waals surface area contributed by atoms with Gasteiger partial charge >= 0.3 is 0 Å². The van der Waals surface area contributed by atoms with E-state index in [1.807, 2.05) is 0 Å². The number of rotatable bonds is 1. The van der Waals surface area contributed by atoms with Crippen LogP contribution >= 0.6 is 31.9 Å². The third-order valence-corrected chi connectivity index (χ3v) is 4.50. The Morgan fingerprint density at radius 2 is 1.84 bits per heavy atom. The molecule has 2 aromatic rings. The van der Waals surface area contributed by atoms with E-state index in [-0.39, 0.29) is 0 Å². The van der Waals surface area contributed by atoms with Crippen LogP contribution in [0, 0.1) is 0 Å². The quantitative estimate of drug-likeness (QED) is 0.701. The van der Waals surface area contributed by atoms with Crippen LogP contribution in [0.25, 0.3) is 5.65 Å². The van der Waals surface area contributed by atoms with Crippen LogP contribution in [0.3, 0.4) is 0 Å². The molecular weight excluding hydrogens is 378 g/mol. The smallest absolute Gasteiger partial charge is 0.173 e. The molecule has 1 saturated heterocycles. The molecule has 1 aliphatic heterocycles. The third-order valence-electron chi connectivity index (χ3n) is 3.18. The highest BCUT2D eigenvalue weighted by atomic mass is 79.9. The van der Waals surface area contributed by atoms with E-state index in [0.29, 0.717) is 11.5 Å². The lowest BCUT2D eigenvalue weighted by Crippen LogP contribution is -2.49. The molecule has 19 heavy (non-hydrogen) atoms. The number of aromatic nitrogens is 3. The maximum atomic E-state index is 6.10. The summed E-state index contributed by atoms with van der Waals surface area (Å²) in [5, 5.41) is 5.99. The van der Waals surface area contributed by atoms with Crippen LogP contribution in [0.5, 0.6) is 0 Å². The van der Waals surface area contributed by atoms with Crippen molar-refractivity contribution in [2.45, 2.75) is 0 Å². The fourth-order valence-electron chi connectivity index (χ4n) is 2.10. The van der Waals surface area contributed by atoms with Gasteiger partial charge in [0.05, 0.1) is 10.7 Å². The molecule has 0 atom stereocenters. The lowest BCUT2D eigenvalue weighted by atomic mass is 10.3. The van der Waals surface area contributed by atoms with Crippen molar-refractivity contribution in [1.29, 1.82) is 0 Å². The van der Waals surface area contributed by atoms with E-state index in [1.54, 1.807) is 15.7 Å².